The lowest BCUT2D eigenvalue weighted by molar-refractivity contribution is -0.143. The highest BCUT2D eigenvalue weighted by atomic mass is 35.5. The quantitative estimate of drug-likeness (QED) is 0.234. The number of rotatable bonds is 7. The van der Waals surface area contributed by atoms with Crippen molar-refractivity contribution in [3.8, 4) is 28.3 Å². The minimum Gasteiger partial charge on any atom is -0.481 e. The van der Waals surface area contributed by atoms with Gasteiger partial charge in [-0.15, -0.1) is 5.10 Å². The number of methoxy groups -OCH3 is 1. The van der Waals surface area contributed by atoms with Crippen LogP contribution >= 0.6 is 11.6 Å². The summed E-state index contributed by atoms with van der Waals surface area (Å²) < 4.78 is 8.29. The molecule has 1 aliphatic heterocycles. The largest absolute Gasteiger partial charge is 0.481 e. The number of carbonyl (C=O) groups is 1. The van der Waals surface area contributed by atoms with E-state index in [-0.39, 0.29) is 23.2 Å². The number of piperidine rings is 1. The van der Waals surface area contributed by atoms with Crippen LogP contribution in [0.1, 0.15) is 42.0 Å². The molecule has 1 fully saturated rings. The third kappa shape index (κ3) is 5.54. The number of carboxylic acid groups (broad SMARTS) is 1. The third-order valence-electron chi connectivity index (χ3n) is 10.1. The highest BCUT2D eigenvalue weighted by Crippen LogP contribution is 2.45. The Morgan fingerprint density at radius 2 is 1.73 bits per heavy atom. The topological polar surface area (TPSA) is 144 Å². The van der Waals surface area contributed by atoms with E-state index in [2.05, 4.69) is 26.5 Å². The van der Waals surface area contributed by atoms with Gasteiger partial charge >= 0.3 is 11.7 Å². The van der Waals surface area contributed by atoms with Gasteiger partial charge in [-0.05, 0) is 74.5 Å². The molecule has 0 saturated carbocycles. The molecule has 0 amide bonds. The van der Waals surface area contributed by atoms with Crippen LogP contribution in [0.15, 0.2) is 58.3 Å². The molecule has 2 aromatic carbocycles. The van der Waals surface area contributed by atoms with E-state index in [1.165, 1.54) is 17.8 Å². The number of benzene rings is 2. The molecule has 4 heterocycles. The first-order chi connectivity index (χ1) is 23.6. The molecule has 49 heavy (non-hydrogen) atoms. The minimum atomic E-state index is -0.715. The van der Waals surface area contributed by atoms with E-state index >= 15 is 0 Å². The number of fused-ring (bicyclic) bond motifs is 2. The van der Waals surface area contributed by atoms with Crippen LogP contribution in [0.4, 0.5) is 11.5 Å². The smallest absolute Gasteiger partial charge is 0.330 e. The molecule has 0 bridgehead atoms. The number of nitrogens with zero attached hydrogens (tertiary/aromatic N) is 6. The van der Waals surface area contributed by atoms with Gasteiger partial charge in [-0.1, -0.05) is 41.9 Å². The van der Waals surface area contributed by atoms with Crippen molar-refractivity contribution in [3.05, 3.63) is 91.2 Å². The van der Waals surface area contributed by atoms with Crippen molar-refractivity contribution < 1.29 is 14.6 Å². The molecule has 0 radical (unpaired) electrons. The lowest BCUT2D eigenvalue weighted by atomic mass is 9.94. The van der Waals surface area contributed by atoms with Gasteiger partial charge in [-0.3, -0.25) is 23.6 Å². The van der Waals surface area contributed by atoms with Crippen molar-refractivity contribution in [1.82, 2.24) is 29.2 Å². The summed E-state index contributed by atoms with van der Waals surface area (Å²) in [5.41, 5.74) is 6.45. The van der Waals surface area contributed by atoms with Crippen LogP contribution in [-0.4, -0.2) is 60.5 Å². The summed E-state index contributed by atoms with van der Waals surface area (Å²) in [7, 11) is 4.66. The van der Waals surface area contributed by atoms with Gasteiger partial charge in [0.2, 0.25) is 5.88 Å². The standard InChI is InChI=1S/C36H36ClN7O5/c1-19-22(7-6-10-25(19)39-32-30-28(18-38-41-32)42(2)36(48)43(3)34(30)45)23-8-5-9-24(31(23)37)26-17-21-11-12-27(29(21)33(40-26)49-4)44-15-13-20(14-16-44)35(46)47/h5-10,17-18,20,27H,11-16H2,1-4H3,(H,39,41)(H,46,47)/t27-/m0/s1. The van der Waals surface area contributed by atoms with E-state index in [1.54, 1.807) is 14.2 Å². The average molecular weight is 682 g/mol. The highest BCUT2D eigenvalue weighted by Gasteiger charge is 2.36. The van der Waals surface area contributed by atoms with Crippen molar-refractivity contribution >= 4 is 40.0 Å². The van der Waals surface area contributed by atoms with Gasteiger partial charge in [0.15, 0.2) is 5.82 Å². The molecule has 13 heteroatoms. The second kappa shape index (κ2) is 12.8. The number of hydrogen-bond acceptors (Lipinski definition) is 9. The number of anilines is 2. The molecule has 2 N–H and O–H groups in total. The van der Waals surface area contributed by atoms with Crippen molar-refractivity contribution in [1.29, 1.82) is 0 Å². The zero-order valence-electron chi connectivity index (χ0n) is 27.7. The summed E-state index contributed by atoms with van der Waals surface area (Å²) in [6.07, 6.45) is 4.47. The number of aliphatic carboxylic acids is 1. The van der Waals surface area contributed by atoms with Crippen LogP contribution in [0.5, 0.6) is 5.88 Å². The normalized spacial score (nSPS) is 16.6. The number of ether oxygens (including phenoxy) is 1. The number of nitrogens with one attached hydrogen (secondary N) is 1. The first kappa shape index (κ1) is 32.5. The van der Waals surface area contributed by atoms with E-state index < -0.39 is 17.2 Å². The summed E-state index contributed by atoms with van der Waals surface area (Å²) in [5.74, 6) is -0.189. The molecule has 0 unspecified atom stereocenters. The van der Waals surface area contributed by atoms with Crippen molar-refractivity contribution in [3.63, 3.8) is 0 Å². The molecular weight excluding hydrogens is 646 g/mol. The number of halogens is 1. The van der Waals surface area contributed by atoms with E-state index in [0.29, 0.717) is 40.6 Å². The summed E-state index contributed by atoms with van der Waals surface area (Å²) in [4.78, 5) is 44.5. The van der Waals surface area contributed by atoms with E-state index in [0.717, 1.165) is 63.9 Å². The Hall–Kier alpha value is -5.07. The van der Waals surface area contributed by atoms with E-state index in [9.17, 15) is 19.5 Å². The zero-order valence-corrected chi connectivity index (χ0v) is 28.4. The lowest BCUT2D eigenvalue weighted by Gasteiger charge is -2.35. The average Bonchev–Trinajstić information content (AvgIpc) is 3.55. The zero-order chi connectivity index (χ0) is 34.6. The van der Waals surface area contributed by atoms with Crippen LogP contribution in [0.25, 0.3) is 33.3 Å². The van der Waals surface area contributed by atoms with Crippen molar-refractivity contribution in [2.45, 2.75) is 38.6 Å². The molecule has 0 spiro atoms. The molecule has 3 aromatic heterocycles. The SMILES string of the molecule is COc1nc(-c2cccc(-c3cccc(Nc4nncc5c4c(=O)n(C)c(=O)n5C)c3C)c2Cl)cc2c1[C@@H](N1CCC(C(=O)O)CC1)CC2. The van der Waals surface area contributed by atoms with E-state index in [4.69, 9.17) is 21.3 Å². The monoisotopic (exact) mass is 681 g/mol. The minimum absolute atomic E-state index is 0.137. The predicted molar refractivity (Wildman–Crippen MR) is 188 cm³/mol. The van der Waals surface area contributed by atoms with Crippen LogP contribution in [-0.2, 0) is 25.3 Å². The Morgan fingerprint density at radius 1 is 1.02 bits per heavy atom. The van der Waals surface area contributed by atoms with Gasteiger partial charge in [-0.2, -0.15) is 5.10 Å². The molecule has 252 valence electrons. The first-order valence-electron chi connectivity index (χ1n) is 16.2. The second-order valence-electron chi connectivity index (χ2n) is 12.7. The highest BCUT2D eigenvalue weighted by molar-refractivity contribution is 6.36. The maximum Gasteiger partial charge on any atom is 0.330 e. The molecule has 7 rings (SSSR count). The maximum atomic E-state index is 13.1. The number of pyridine rings is 1. The molecule has 1 saturated heterocycles. The van der Waals surface area contributed by atoms with E-state index in [1.807, 2.05) is 43.3 Å². The summed E-state index contributed by atoms with van der Waals surface area (Å²) >= 11 is 7.19. The molecule has 1 atom stereocenters. The number of aryl methyl sites for hydroxylation is 2. The molecular formula is C36H36ClN7O5. The Bertz CT molecular complexity index is 2260. The van der Waals surface area contributed by atoms with Gasteiger partial charge in [0.25, 0.3) is 5.56 Å². The lowest BCUT2D eigenvalue weighted by Crippen LogP contribution is -2.38. The predicted octanol–water partition coefficient (Wildman–Crippen LogP) is 5.25. The summed E-state index contributed by atoms with van der Waals surface area (Å²) in [6.45, 7) is 3.43. The third-order valence-corrected chi connectivity index (χ3v) is 10.5. The Kier molecular flexibility index (Phi) is 8.45. The number of hydrogen-bond donors (Lipinski definition) is 2. The fraction of sp³-hybridized carbons (Fsp3) is 0.333. The Morgan fingerprint density at radius 3 is 2.47 bits per heavy atom. The number of carboxylic acids is 1. The molecule has 1 aliphatic carbocycles. The van der Waals surface area contributed by atoms with Gasteiger partial charge < -0.3 is 15.2 Å². The molecule has 2 aliphatic rings. The summed E-state index contributed by atoms with van der Waals surface area (Å²) in [6, 6.07) is 13.9. The first-order valence-corrected chi connectivity index (χ1v) is 16.6. The van der Waals surface area contributed by atoms with Gasteiger partial charge in [0, 0.05) is 42.5 Å². The summed E-state index contributed by atoms with van der Waals surface area (Å²) in [5, 5.41) is 21.8. The van der Waals surface area contributed by atoms with Crippen LogP contribution in [0.3, 0.4) is 0 Å². The van der Waals surface area contributed by atoms with Crippen molar-refractivity contribution in [2.24, 2.45) is 20.0 Å². The number of aromatic nitrogens is 5. The van der Waals surface area contributed by atoms with Gasteiger partial charge in [-0.25, -0.2) is 9.78 Å². The Balaban J connectivity index is 1.23. The van der Waals surface area contributed by atoms with Gasteiger partial charge in [0.05, 0.1) is 35.5 Å². The Labute approximate surface area is 287 Å². The van der Waals surface area contributed by atoms with Crippen molar-refractivity contribution in [2.75, 3.05) is 25.5 Å². The number of likely N-dealkylation sites (tertiary alicyclic amines) is 1. The van der Waals surface area contributed by atoms with Crippen LogP contribution < -0.4 is 21.3 Å². The molecule has 5 aromatic rings. The second-order valence-corrected chi connectivity index (χ2v) is 13.1. The fourth-order valence-corrected chi connectivity index (χ4v) is 7.66. The van der Waals surface area contributed by atoms with Crippen LogP contribution in [0.2, 0.25) is 5.02 Å². The fourth-order valence-electron chi connectivity index (χ4n) is 7.34. The van der Waals surface area contributed by atoms with Gasteiger partial charge in [0.1, 0.15) is 5.39 Å². The van der Waals surface area contributed by atoms with Crippen LogP contribution in [0, 0.1) is 12.8 Å². The maximum absolute atomic E-state index is 13.1. The molecule has 12 nitrogen and oxygen atoms in total.